The fourth-order valence-electron chi connectivity index (χ4n) is 2.41. The number of aryl methyl sites for hydroxylation is 1. The minimum Gasteiger partial charge on any atom is -0.317 e. The molecular weight excluding hydrogens is 230 g/mol. The summed E-state index contributed by atoms with van der Waals surface area (Å²) in [6, 6.07) is 1.19. The van der Waals surface area contributed by atoms with Crippen LogP contribution in [0, 0.1) is 0 Å². The molecule has 3 nitrogen and oxygen atoms in total. The van der Waals surface area contributed by atoms with Gasteiger partial charge in [-0.05, 0) is 33.2 Å². The second-order valence-electron chi connectivity index (χ2n) is 4.79. The molecular formula is C13H23N3S. The molecule has 96 valence electrons. The van der Waals surface area contributed by atoms with Crippen molar-refractivity contribution >= 4 is 11.3 Å². The fraction of sp³-hybridized carbons (Fsp3) is 0.769. The highest BCUT2D eigenvalue weighted by atomic mass is 32.1. The molecule has 1 aliphatic rings. The van der Waals surface area contributed by atoms with Crippen molar-refractivity contribution in [1.82, 2.24) is 15.2 Å². The molecule has 4 heteroatoms. The summed E-state index contributed by atoms with van der Waals surface area (Å²) in [6.45, 7) is 6.86. The Morgan fingerprint density at radius 2 is 2.24 bits per heavy atom. The molecule has 0 aliphatic carbocycles. The Kier molecular flexibility index (Phi) is 4.54. The third-order valence-electron chi connectivity index (χ3n) is 3.76. The average molecular weight is 253 g/mol. The standard InChI is InChI=1S/C13H23N3S/c1-4-12-9-15-13(17-12)10(2)16-7-5-11(14-3)6-8-16/h9-11,14H,4-8H2,1-3H3. The lowest BCUT2D eigenvalue weighted by Gasteiger charge is -2.35. The van der Waals surface area contributed by atoms with Crippen molar-refractivity contribution in [2.45, 2.75) is 45.2 Å². The number of rotatable bonds is 4. The molecule has 1 atom stereocenters. The Balaban J connectivity index is 1.94. The summed E-state index contributed by atoms with van der Waals surface area (Å²) in [5.41, 5.74) is 0. The molecule has 1 saturated heterocycles. The molecule has 1 unspecified atom stereocenters. The average Bonchev–Trinajstić information content (AvgIpc) is 2.87. The molecule has 1 aromatic rings. The van der Waals surface area contributed by atoms with Crippen molar-refractivity contribution < 1.29 is 0 Å². The third kappa shape index (κ3) is 3.06. The second-order valence-corrected chi connectivity index (χ2v) is 5.94. The van der Waals surface area contributed by atoms with Crippen molar-refractivity contribution in [3.8, 4) is 0 Å². The summed E-state index contributed by atoms with van der Waals surface area (Å²) in [7, 11) is 2.07. The van der Waals surface area contributed by atoms with Gasteiger partial charge in [-0.3, -0.25) is 4.90 Å². The van der Waals surface area contributed by atoms with E-state index in [2.05, 4.69) is 36.1 Å². The largest absolute Gasteiger partial charge is 0.317 e. The Morgan fingerprint density at radius 3 is 2.76 bits per heavy atom. The summed E-state index contributed by atoms with van der Waals surface area (Å²) in [4.78, 5) is 8.52. The van der Waals surface area contributed by atoms with Crippen molar-refractivity contribution in [3.05, 3.63) is 16.1 Å². The highest BCUT2D eigenvalue weighted by Gasteiger charge is 2.24. The van der Waals surface area contributed by atoms with E-state index >= 15 is 0 Å². The smallest absolute Gasteiger partial charge is 0.110 e. The van der Waals surface area contributed by atoms with Crippen LogP contribution in [-0.4, -0.2) is 36.1 Å². The van der Waals surface area contributed by atoms with Crippen molar-refractivity contribution in [3.63, 3.8) is 0 Å². The van der Waals surface area contributed by atoms with Crippen LogP contribution in [0.2, 0.25) is 0 Å². The van der Waals surface area contributed by atoms with Gasteiger partial charge in [-0.15, -0.1) is 11.3 Å². The molecule has 1 aliphatic heterocycles. The summed E-state index contributed by atoms with van der Waals surface area (Å²) in [5, 5.41) is 4.66. The van der Waals surface area contributed by atoms with Crippen molar-refractivity contribution in [1.29, 1.82) is 0 Å². The number of nitrogens with zero attached hydrogens (tertiary/aromatic N) is 2. The number of aromatic nitrogens is 1. The minimum absolute atomic E-state index is 0.484. The molecule has 17 heavy (non-hydrogen) atoms. The van der Waals surface area contributed by atoms with Crippen LogP contribution in [-0.2, 0) is 6.42 Å². The molecule has 0 radical (unpaired) electrons. The number of piperidine rings is 1. The summed E-state index contributed by atoms with van der Waals surface area (Å²) in [5.74, 6) is 0. The zero-order chi connectivity index (χ0) is 12.3. The third-order valence-corrected chi connectivity index (χ3v) is 5.07. The van der Waals surface area contributed by atoms with Crippen LogP contribution >= 0.6 is 11.3 Å². The van der Waals surface area contributed by atoms with Gasteiger partial charge < -0.3 is 5.32 Å². The van der Waals surface area contributed by atoms with Gasteiger partial charge in [0.25, 0.3) is 0 Å². The summed E-state index contributed by atoms with van der Waals surface area (Å²) >= 11 is 1.87. The minimum atomic E-state index is 0.484. The predicted molar refractivity (Wildman–Crippen MR) is 73.6 cm³/mol. The van der Waals surface area contributed by atoms with Crippen LogP contribution in [0.4, 0.5) is 0 Å². The lowest BCUT2D eigenvalue weighted by molar-refractivity contribution is 0.155. The van der Waals surface area contributed by atoms with Gasteiger partial charge in [0.2, 0.25) is 0 Å². The van der Waals surface area contributed by atoms with E-state index in [1.54, 1.807) is 0 Å². The van der Waals surface area contributed by atoms with E-state index in [9.17, 15) is 0 Å². The van der Waals surface area contributed by atoms with E-state index in [0.29, 0.717) is 12.1 Å². The molecule has 0 aromatic carbocycles. The summed E-state index contributed by atoms with van der Waals surface area (Å²) in [6.07, 6.45) is 5.66. The molecule has 0 amide bonds. The van der Waals surface area contributed by atoms with Gasteiger partial charge in [-0.25, -0.2) is 4.98 Å². The van der Waals surface area contributed by atoms with Crippen molar-refractivity contribution in [2.24, 2.45) is 0 Å². The molecule has 0 bridgehead atoms. The maximum atomic E-state index is 4.56. The first-order valence-corrected chi connectivity index (χ1v) is 7.42. The van der Waals surface area contributed by atoms with E-state index in [1.807, 2.05) is 17.5 Å². The topological polar surface area (TPSA) is 28.2 Å². The normalized spacial score (nSPS) is 20.6. The van der Waals surface area contributed by atoms with E-state index in [1.165, 1.54) is 35.8 Å². The van der Waals surface area contributed by atoms with Crippen LogP contribution in [0.25, 0.3) is 0 Å². The van der Waals surface area contributed by atoms with Gasteiger partial charge in [-0.1, -0.05) is 6.92 Å². The van der Waals surface area contributed by atoms with Crippen LogP contribution in [0.5, 0.6) is 0 Å². The lowest BCUT2D eigenvalue weighted by atomic mass is 10.0. The number of hydrogen-bond acceptors (Lipinski definition) is 4. The van der Waals surface area contributed by atoms with E-state index < -0.39 is 0 Å². The highest BCUT2D eigenvalue weighted by Crippen LogP contribution is 2.27. The van der Waals surface area contributed by atoms with Gasteiger partial charge in [0.05, 0.1) is 6.04 Å². The highest BCUT2D eigenvalue weighted by molar-refractivity contribution is 7.11. The van der Waals surface area contributed by atoms with Gasteiger partial charge in [-0.2, -0.15) is 0 Å². The van der Waals surface area contributed by atoms with Gasteiger partial charge >= 0.3 is 0 Å². The van der Waals surface area contributed by atoms with E-state index in [0.717, 1.165) is 6.42 Å². The number of hydrogen-bond donors (Lipinski definition) is 1. The van der Waals surface area contributed by atoms with Crippen molar-refractivity contribution in [2.75, 3.05) is 20.1 Å². The monoisotopic (exact) mass is 253 g/mol. The zero-order valence-electron chi connectivity index (χ0n) is 11.1. The Hall–Kier alpha value is -0.450. The molecule has 1 aromatic heterocycles. The maximum absolute atomic E-state index is 4.56. The molecule has 0 saturated carbocycles. The first kappa shape index (κ1) is 13.0. The summed E-state index contributed by atoms with van der Waals surface area (Å²) < 4.78 is 0. The van der Waals surface area contributed by atoms with E-state index in [-0.39, 0.29) is 0 Å². The van der Waals surface area contributed by atoms with Crippen LogP contribution in [0.3, 0.4) is 0 Å². The SMILES string of the molecule is CCc1cnc(C(C)N2CCC(NC)CC2)s1. The zero-order valence-corrected chi connectivity index (χ0v) is 11.9. The number of nitrogens with one attached hydrogen (secondary N) is 1. The molecule has 1 N–H and O–H groups in total. The maximum Gasteiger partial charge on any atom is 0.110 e. The Morgan fingerprint density at radius 1 is 1.53 bits per heavy atom. The van der Waals surface area contributed by atoms with Crippen LogP contribution in [0.1, 0.15) is 42.6 Å². The van der Waals surface area contributed by atoms with Gasteiger partial charge in [0, 0.05) is 30.2 Å². The van der Waals surface area contributed by atoms with E-state index in [4.69, 9.17) is 0 Å². The molecule has 1 fully saturated rings. The predicted octanol–water partition coefficient (Wildman–Crippen LogP) is 2.45. The number of thiazole rings is 1. The molecule has 2 rings (SSSR count). The first-order valence-electron chi connectivity index (χ1n) is 6.60. The fourth-order valence-corrected chi connectivity index (χ4v) is 3.35. The lowest BCUT2D eigenvalue weighted by Crippen LogP contribution is -2.42. The van der Waals surface area contributed by atoms with Gasteiger partial charge in [0.1, 0.15) is 5.01 Å². The Labute approximate surface area is 108 Å². The molecule has 2 heterocycles. The van der Waals surface area contributed by atoms with Gasteiger partial charge in [0.15, 0.2) is 0 Å². The first-order chi connectivity index (χ1) is 8.24. The van der Waals surface area contributed by atoms with Crippen LogP contribution < -0.4 is 5.32 Å². The Bertz CT molecular complexity index is 342. The van der Waals surface area contributed by atoms with Crippen LogP contribution in [0.15, 0.2) is 6.20 Å². The quantitative estimate of drug-likeness (QED) is 0.893. The number of likely N-dealkylation sites (tertiary alicyclic amines) is 1. The molecule has 0 spiro atoms. The second kappa shape index (κ2) is 5.94.